The summed E-state index contributed by atoms with van der Waals surface area (Å²) >= 11 is 0. The minimum atomic E-state index is 0.676. The molecule has 21 heavy (non-hydrogen) atoms. The van der Waals surface area contributed by atoms with Crippen molar-refractivity contribution in [3.05, 3.63) is 23.4 Å². The number of aryl methyl sites for hydroxylation is 1. The van der Waals surface area contributed by atoms with Gasteiger partial charge in [0, 0.05) is 25.3 Å². The largest absolute Gasteiger partial charge is 0.357 e. The minimum Gasteiger partial charge on any atom is -0.357 e. The second-order valence-electron chi connectivity index (χ2n) is 6.26. The Morgan fingerprint density at radius 1 is 1.19 bits per heavy atom. The normalized spacial score (nSPS) is 16.1. The van der Waals surface area contributed by atoms with E-state index in [9.17, 15) is 0 Å². The van der Waals surface area contributed by atoms with Crippen LogP contribution in [0.1, 0.15) is 63.6 Å². The molecule has 1 aliphatic carbocycles. The molecule has 0 bridgehead atoms. The third-order valence-corrected chi connectivity index (χ3v) is 4.49. The van der Waals surface area contributed by atoms with Crippen LogP contribution in [0.15, 0.2) is 12.1 Å². The van der Waals surface area contributed by atoms with Crippen LogP contribution in [0.3, 0.4) is 0 Å². The van der Waals surface area contributed by atoms with Gasteiger partial charge in [0.15, 0.2) is 0 Å². The van der Waals surface area contributed by atoms with E-state index in [0.717, 1.165) is 25.9 Å². The molecule has 0 saturated heterocycles. The standard InChI is InChI=1S/C18H31N3/c1-4-9-16-12-15(14-19-5-2)13-18(20-16)21(3)17-10-7-6-8-11-17/h12-13,17,19H,4-11,14H2,1-3H3. The number of hydrogen-bond donors (Lipinski definition) is 1. The molecule has 1 aromatic rings. The summed E-state index contributed by atoms with van der Waals surface area (Å²) < 4.78 is 0. The number of nitrogens with zero attached hydrogens (tertiary/aromatic N) is 2. The summed E-state index contributed by atoms with van der Waals surface area (Å²) in [6.07, 6.45) is 9.01. The van der Waals surface area contributed by atoms with E-state index in [1.54, 1.807) is 0 Å². The fourth-order valence-electron chi connectivity index (χ4n) is 3.22. The van der Waals surface area contributed by atoms with Crippen molar-refractivity contribution in [1.29, 1.82) is 0 Å². The Morgan fingerprint density at radius 2 is 1.95 bits per heavy atom. The molecule has 1 fully saturated rings. The van der Waals surface area contributed by atoms with Crippen LogP contribution >= 0.6 is 0 Å². The highest BCUT2D eigenvalue weighted by Crippen LogP contribution is 2.26. The Kier molecular flexibility index (Phi) is 6.50. The molecule has 0 aliphatic heterocycles. The Morgan fingerprint density at radius 3 is 2.62 bits per heavy atom. The summed E-state index contributed by atoms with van der Waals surface area (Å²) in [4.78, 5) is 7.33. The summed E-state index contributed by atoms with van der Waals surface area (Å²) in [5.74, 6) is 1.17. The topological polar surface area (TPSA) is 28.2 Å². The molecule has 1 saturated carbocycles. The first-order valence-corrected chi connectivity index (χ1v) is 8.68. The van der Waals surface area contributed by atoms with Gasteiger partial charge in [-0.1, -0.05) is 39.5 Å². The molecule has 2 rings (SSSR count). The molecule has 0 aromatic carbocycles. The highest BCUT2D eigenvalue weighted by molar-refractivity contribution is 5.43. The van der Waals surface area contributed by atoms with Gasteiger partial charge in [-0.05, 0) is 43.5 Å². The molecule has 1 aromatic heterocycles. The van der Waals surface area contributed by atoms with E-state index in [1.807, 2.05) is 0 Å². The van der Waals surface area contributed by atoms with Crippen molar-refractivity contribution in [1.82, 2.24) is 10.3 Å². The van der Waals surface area contributed by atoms with E-state index in [1.165, 1.54) is 49.2 Å². The zero-order valence-corrected chi connectivity index (χ0v) is 14.0. The molecular formula is C18H31N3. The third kappa shape index (κ3) is 4.70. The first-order valence-electron chi connectivity index (χ1n) is 8.68. The van der Waals surface area contributed by atoms with Gasteiger partial charge in [0.1, 0.15) is 5.82 Å². The van der Waals surface area contributed by atoms with Crippen molar-refractivity contribution in [3.8, 4) is 0 Å². The molecule has 1 aliphatic rings. The van der Waals surface area contributed by atoms with E-state index >= 15 is 0 Å². The number of aromatic nitrogens is 1. The Bertz CT molecular complexity index is 424. The van der Waals surface area contributed by atoms with Crippen LogP contribution in [0.5, 0.6) is 0 Å². The molecule has 3 nitrogen and oxygen atoms in total. The van der Waals surface area contributed by atoms with Gasteiger partial charge in [0.05, 0.1) is 0 Å². The maximum atomic E-state index is 4.90. The average Bonchev–Trinajstić information content (AvgIpc) is 2.53. The maximum Gasteiger partial charge on any atom is 0.129 e. The summed E-state index contributed by atoms with van der Waals surface area (Å²) in [5.41, 5.74) is 2.61. The van der Waals surface area contributed by atoms with Gasteiger partial charge in [0.25, 0.3) is 0 Å². The maximum absolute atomic E-state index is 4.90. The van der Waals surface area contributed by atoms with Crippen molar-refractivity contribution in [3.63, 3.8) is 0 Å². The molecule has 3 heteroatoms. The molecule has 118 valence electrons. The zero-order chi connectivity index (χ0) is 15.1. The molecule has 0 spiro atoms. The second kappa shape index (κ2) is 8.38. The molecule has 0 unspecified atom stereocenters. The van der Waals surface area contributed by atoms with E-state index in [-0.39, 0.29) is 0 Å². The first-order chi connectivity index (χ1) is 10.2. The predicted octanol–water partition coefficient (Wildman–Crippen LogP) is 3.91. The van der Waals surface area contributed by atoms with Crippen LogP contribution in [-0.2, 0) is 13.0 Å². The van der Waals surface area contributed by atoms with Gasteiger partial charge < -0.3 is 10.2 Å². The number of nitrogens with one attached hydrogen (secondary N) is 1. The van der Waals surface area contributed by atoms with E-state index < -0.39 is 0 Å². The lowest BCUT2D eigenvalue weighted by molar-refractivity contribution is 0.425. The highest BCUT2D eigenvalue weighted by atomic mass is 15.2. The number of rotatable bonds is 7. The first kappa shape index (κ1) is 16.3. The smallest absolute Gasteiger partial charge is 0.129 e. The summed E-state index contributed by atoms with van der Waals surface area (Å²) in [7, 11) is 2.23. The van der Waals surface area contributed by atoms with Crippen LogP contribution < -0.4 is 10.2 Å². The molecule has 0 amide bonds. The third-order valence-electron chi connectivity index (χ3n) is 4.49. The number of pyridine rings is 1. The van der Waals surface area contributed by atoms with Crippen molar-refractivity contribution < 1.29 is 0 Å². The van der Waals surface area contributed by atoms with Crippen LogP contribution in [0, 0.1) is 0 Å². The van der Waals surface area contributed by atoms with Crippen molar-refractivity contribution >= 4 is 5.82 Å². The van der Waals surface area contributed by atoms with Gasteiger partial charge in [-0.25, -0.2) is 4.98 Å². The SMILES string of the molecule is CCCc1cc(CNCC)cc(N(C)C2CCCCC2)n1. The molecule has 1 N–H and O–H groups in total. The van der Waals surface area contributed by atoms with E-state index in [4.69, 9.17) is 4.98 Å². The van der Waals surface area contributed by atoms with Crippen LogP contribution in [0.2, 0.25) is 0 Å². The lowest BCUT2D eigenvalue weighted by Crippen LogP contribution is -2.34. The van der Waals surface area contributed by atoms with Gasteiger partial charge in [-0.15, -0.1) is 0 Å². The van der Waals surface area contributed by atoms with Crippen molar-refractivity contribution in [2.75, 3.05) is 18.5 Å². The summed E-state index contributed by atoms with van der Waals surface area (Å²) in [5, 5.41) is 3.43. The quantitative estimate of drug-likeness (QED) is 0.825. The molecule has 0 radical (unpaired) electrons. The lowest BCUT2D eigenvalue weighted by atomic mass is 9.94. The Labute approximate surface area is 130 Å². The van der Waals surface area contributed by atoms with Crippen LogP contribution in [-0.4, -0.2) is 24.6 Å². The Hall–Kier alpha value is -1.09. The molecule has 1 heterocycles. The fourth-order valence-corrected chi connectivity index (χ4v) is 3.22. The van der Waals surface area contributed by atoms with Crippen LogP contribution in [0.25, 0.3) is 0 Å². The van der Waals surface area contributed by atoms with E-state index in [0.29, 0.717) is 6.04 Å². The second-order valence-corrected chi connectivity index (χ2v) is 6.26. The monoisotopic (exact) mass is 289 g/mol. The van der Waals surface area contributed by atoms with Gasteiger partial charge in [-0.3, -0.25) is 0 Å². The zero-order valence-electron chi connectivity index (χ0n) is 14.0. The van der Waals surface area contributed by atoms with E-state index in [2.05, 4.69) is 43.2 Å². The highest BCUT2D eigenvalue weighted by Gasteiger charge is 2.19. The van der Waals surface area contributed by atoms with Crippen molar-refractivity contribution in [2.24, 2.45) is 0 Å². The van der Waals surface area contributed by atoms with Crippen LogP contribution in [0.4, 0.5) is 5.82 Å². The Balaban J connectivity index is 2.16. The van der Waals surface area contributed by atoms with Crippen molar-refractivity contribution in [2.45, 2.75) is 71.4 Å². The summed E-state index contributed by atoms with van der Waals surface area (Å²) in [6.45, 7) is 6.34. The van der Waals surface area contributed by atoms with Gasteiger partial charge in [-0.2, -0.15) is 0 Å². The minimum absolute atomic E-state index is 0.676. The number of anilines is 1. The predicted molar refractivity (Wildman–Crippen MR) is 90.9 cm³/mol. The molecular weight excluding hydrogens is 258 g/mol. The summed E-state index contributed by atoms with van der Waals surface area (Å²) in [6, 6.07) is 5.22. The molecule has 0 atom stereocenters. The van der Waals surface area contributed by atoms with Gasteiger partial charge in [0.2, 0.25) is 0 Å². The lowest BCUT2D eigenvalue weighted by Gasteiger charge is -2.32. The fraction of sp³-hybridized carbons (Fsp3) is 0.722. The number of hydrogen-bond acceptors (Lipinski definition) is 3. The average molecular weight is 289 g/mol. The van der Waals surface area contributed by atoms with Gasteiger partial charge >= 0.3 is 0 Å².